The maximum atomic E-state index is 13.9. The zero-order valence-electron chi connectivity index (χ0n) is 17.8. The summed E-state index contributed by atoms with van der Waals surface area (Å²) in [7, 11) is 1.26. The van der Waals surface area contributed by atoms with Gasteiger partial charge in [0.15, 0.2) is 0 Å². The fourth-order valence-corrected chi connectivity index (χ4v) is 3.45. The van der Waals surface area contributed by atoms with Crippen molar-refractivity contribution in [3.63, 3.8) is 0 Å². The van der Waals surface area contributed by atoms with Crippen LogP contribution in [0.15, 0.2) is 75.9 Å². The van der Waals surface area contributed by atoms with Crippen molar-refractivity contribution in [2.75, 3.05) is 12.3 Å². The van der Waals surface area contributed by atoms with Crippen LogP contribution in [0.3, 0.4) is 0 Å². The molecule has 0 atom stereocenters. The lowest BCUT2D eigenvalue weighted by Gasteiger charge is -2.21. The predicted octanol–water partition coefficient (Wildman–Crippen LogP) is 5.40. The molecule has 1 N–H and O–H groups in total. The van der Waals surface area contributed by atoms with Crippen LogP contribution < -0.4 is 20.1 Å². The number of halogens is 3. The minimum Gasteiger partial charge on any atom is -0.733 e. The molecule has 180 valence electrons. The molecule has 0 spiro atoms. The number of para-hydroxylation sites is 1. The van der Waals surface area contributed by atoms with E-state index in [1.54, 1.807) is 6.07 Å². The SMILES string of the molecule is COc1ccccc1-c1c(C(F)(F)F)oc2cc(OC(=O)c3cccc(N([O-])O)c3)ccc2c1=O. The molecule has 4 rings (SSSR count). The number of anilines is 1. The molecule has 3 aromatic carbocycles. The van der Waals surface area contributed by atoms with E-state index in [9.17, 15) is 28.0 Å². The Hall–Kier alpha value is -4.35. The molecule has 0 bridgehead atoms. The minimum absolute atomic E-state index is 0.0527. The molecule has 1 heterocycles. The van der Waals surface area contributed by atoms with Gasteiger partial charge >= 0.3 is 12.1 Å². The van der Waals surface area contributed by atoms with Crippen LogP contribution >= 0.6 is 0 Å². The van der Waals surface area contributed by atoms with Gasteiger partial charge in [-0.3, -0.25) is 10.0 Å². The van der Waals surface area contributed by atoms with E-state index in [0.717, 1.165) is 12.1 Å². The van der Waals surface area contributed by atoms with Gasteiger partial charge in [-0.2, -0.15) is 13.2 Å². The number of alkyl halides is 3. The summed E-state index contributed by atoms with van der Waals surface area (Å²) in [5.41, 5.74) is -2.56. The first-order valence-electron chi connectivity index (χ1n) is 9.90. The van der Waals surface area contributed by atoms with Crippen LogP contribution in [0.25, 0.3) is 22.1 Å². The van der Waals surface area contributed by atoms with Crippen molar-refractivity contribution in [1.29, 1.82) is 0 Å². The third kappa shape index (κ3) is 4.67. The molecule has 0 aliphatic rings. The summed E-state index contributed by atoms with van der Waals surface area (Å²) in [6, 6.07) is 14.0. The number of hydrogen-bond donors (Lipinski definition) is 1. The fourth-order valence-electron chi connectivity index (χ4n) is 3.45. The van der Waals surface area contributed by atoms with Crippen molar-refractivity contribution >= 4 is 22.6 Å². The van der Waals surface area contributed by atoms with Gasteiger partial charge in [0.05, 0.1) is 29.3 Å². The van der Waals surface area contributed by atoms with E-state index in [0.29, 0.717) is 0 Å². The number of nitrogens with zero attached hydrogens (tertiary/aromatic N) is 1. The lowest BCUT2D eigenvalue weighted by Crippen LogP contribution is -2.16. The summed E-state index contributed by atoms with van der Waals surface area (Å²) >= 11 is 0. The molecule has 11 heteroatoms. The van der Waals surface area contributed by atoms with Crippen LogP contribution in [0.1, 0.15) is 16.1 Å². The number of carbonyl (C=O) groups excluding carboxylic acids is 1. The lowest BCUT2D eigenvalue weighted by molar-refractivity contribution is -0.152. The van der Waals surface area contributed by atoms with Crippen molar-refractivity contribution in [2.24, 2.45) is 0 Å². The van der Waals surface area contributed by atoms with Crippen LogP contribution in [0.4, 0.5) is 18.9 Å². The Labute approximate surface area is 194 Å². The summed E-state index contributed by atoms with van der Waals surface area (Å²) in [6.07, 6.45) is -5.02. The summed E-state index contributed by atoms with van der Waals surface area (Å²) in [5, 5.41) is 19.4. The topological polar surface area (TPSA) is 112 Å². The molecular formula is C24H15F3NO7-. The molecule has 8 nitrogen and oxygen atoms in total. The molecule has 0 aliphatic heterocycles. The highest BCUT2D eigenvalue weighted by Crippen LogP contribution is 2.40. The molecule has 0 saturated carbocycles. The molecule has 0 fully saturated rings. The second-order valence-corrected chi connectivity index (χ2v) is 7.20. The van der Waals surface area contributed by atoms with Gasteiger partial charge in [0.25, 0.3) is 0 Å². The van der Waals surface area contributed by atoms with Gasteiger partial charge in [0.2, 0.25) is 11.2 Å². The summed E-state index contributed by atoms with van der Waals surface area (Å²) in [6.45, 7) is 0. The van der Waals surface area contributed by atoms with Crippen LogP contribution in [-0.4, -0.2) is 18.3 Å². The average Bonchev–Trinajstić information content (AvgIpc) is 2.83. The highest BCUT2D eigenvalue weighted by molar-refractivity contribution is 5.93. The monoisotopic (exact) mass is 486 g/mol. The first-order valence-corrected chi connectivity index (χ1v) is 9.90. The first-order chi connectivity index (χ1) is 16.6. The maximum Gasteiger partial charge on any atom is 0.450 e. The number of rotatable bonds is 5. The second-order valence-electron chi connectivity index (χ2n) is 7.20. The summed E-state index contributed by atoms with van der Waals surface area (Å²) in [4.78, 5) is 25.6. The van der Waals surface area contributed by atoms with Crippen LogP contribution in [-0.2, 0) is 6.18 Å². The third-order valence-electron chi connectivity index (χ3n) is 5.01. The van der Waals surface area contributed by atoms with E-state index in [2.05, 4.69) is 0 Å². The molecular weight excluding hydrogens is 471 g/mol. The number of fused-ring (bicyclic) bond motifs is 1. The molecule has 0 amide bonds. The highest BCUT2D eigenvalue weighted by atomic mass is 19.4. The van der Waals surface area contributed by atoms with Crippen molar-refractivity contribution in [3.8, 4) is 22.6 Å². The molecule has 0 saturated heterocycles. The standard InChI is InChI=1S/C24H15F3NO7/c1-33-18-8-3-2-7-16(18)20-21(29)17-10-9-15(12-19(17)35-22(20)24(25,26)27)34-23(30)13-5-4-6-14(11-13)28(31)32/h2-12,31H,1H3/q-1. The van der Waals surface area contributed by atoms with Crippen LogP contribution in [0.5, 0.6) is 11.5 Å². The number of benzene rings is 3. The number of esters is 1. The maximum absolute atomic E-state index is 13.9. The van der Waals surface area contributed by atoms with E-state index < -0.39 is 39.7 Å². The zero-order chi connectivity index (χ0) is 25.3. The van der Waals surface area contributed by atoms with Gasteiger partial charge in [-0.1, -0.05) is 24.3 Å². The molecule has 0 radical (unpaired) electrons. The van der Waals surface area contributed by atoms with E-state index >= 15 is 0 Å². The lowest BCUT2D eigenvalue weighted by atomic mass is 10.0. The first kappa shape index (κ1) is 23.8. The molecule has 1 aromatic heterocycles. The van der Waals surface area contributed by atoms with E-state index in [1.807, 2.05) is 0 Å². The van der Waals surface area contributed by atoms with Gasteiger partial charge in [-0.25, -0.2) is 4.79 Å². The normalized spacial score (nSPS) is 11.4. The summed E-state index contributed by atoms with van der Waals surface area (Å²) < 4.78 is 57.1. The summed E-state index contributed by atoms with van der Waals surface area (Å²) in [5.74, 6) is -2.65. The zero-order valence-corrected chi connectivity index (χ0v) is 17.8. The largest absolute Gasteiger partial charge is 0.733 e. The Balaban J connectivity index is 1.81. The van der Waals surface area contributed by atoms with Gasteiger partial charge in [0, 0.05) is 11.6 Å². The van der Waals surface area contributed by atoms with Crippen molar-refractivity contribution in [1.82, 2.24) is 0 Å². The highest BCUT2D eigenvalue weighted by Gasteiger charge is 2.40. The van der Waals surface area contributed by atoms with Crippen molar-refractivity contribution in [2.45, 2.75) is 6.18 Å². The predicted molar refractivity (Wildman–Crippen MR) is 119 cm³/mol. The van der Waals surface area contributed by atoms with Crippen LogP contribution in [0.2, 0.25) is 0 Å². The quantitative estimate of drug-likeness (QED) is 0.227. The number of ether oxygens (including phenoxy) is 2. The Bertz CT molecular complexity index is 1480. The smallest absolute Gasteiger partial charge is 0.450 e. The molecule has 35 heavy (non-hydrogen) atoms. The van der Waals surface area contributed by atoms with Crippen LogP contribution in [0, 0.1) is 5.21 Å². The average molecular weight is 486 g/mol. The molecule has 0 unspecified atom stereocenters. The van der Waals surface area contributed by atoms with Gasteiger partial charge in [-0.15, -0.1) is 0 Å². The Morgan fingerprint density at radius 2 is 1.80 bits per heavy atom. The van der Waals surface area contributed by atoms with Gasteiger partial charge in [0.1, 0.15) is 17.1 Å². The van der Waals surface area contributed by atoms with E-state index in [4.69, 9.17) is 19.1 Å². The molecule has 0 aliphatic carbocycles. The van der Waals surface area contributed by atoms with Gasteiger partial charge in [-0.05, 0) is 36.4 Å². The number of hydrogen-bond acceptors (Lipinski definition) is 8. The van der Waals surface area contributed by atoms with Gasteiger partial charge < -0.3 is 24.3 Å². The van der Waals surface area contributed by atoms with E-state index in [-0.39, 0.29) is 33.7 Å². The number of methoxy groups -OCH3 is 1. The number of carbonyl (C=O) groups is 1. The minimum atomic E-state index is -5.02. The van der Waals surface area contributed by atoms with Crippen molar-refractivity contribution < 1.29 is 37.1 Å². The Morgan fingerprint density at radius 3 is 2.49 bits per heavy atom. The second kappa shape index (κ2) is 9.12. The van der Waals surface area contributed by atoms with E-state index in [1.165, 1.54) is 55.6 Å². The Kier molecular flexibility index (Phi) is 6.20. The molecule has 4 aromatic rings. The Morgan fingerprint density at radius 1 is 1.06 bits per heavy atom. The fraction of sp³-hybridized carbons (Fsp3) is 0.0833. The van der Waals surface area contributed by atoms with Crippen molar-refractivity contribution in [3.05, 3.63) is 93.5 Å². The third-order valence-corrected chi connectivity index (χ3v) is 5.01.